The minimum Gasteiger partial charge on any atom is -0.381 e. The highest BCUT2D eigenvalue weighted by Gasteiger charge is 2.40. The van der Waals surface area contributed by atoms with E-state index in [4.69, 9.17) is 9.47 Å². The quantitative estimate of drug-likeness (QED) is 0.0495. The summed E-state index contributed by atoms with van der Waals surface area (Å²) in [6, 6.07) is 0. The molecule has 1 aliphatic heterocycles. The molecule has 0 atom stereocenters. The molecule has 0 radical (unpaired) electrons. The second-order valence-corrected chi connectivity index (χ2v) is 14.6. The molecule has 1 saturated heterocycles. The maximum Gasteiger partial charge on any atom is 0.0472 e. The van der Waals surface area contributed by atoms with E-state index >= 15 is 0 Å². The number of hydrogen-bond donors (Lipinski definition) is 0. The molecule has 1 aliphatic rings. The van der Waals surface area contributed by atoms with Gasteiger partial charge >= 0.3 is 0 Å². The summed E-state index contributed by atoms with van der Waals surface area (Å²) >= 11 is 0. The number of likely N-dealkylation sites (tertiary alicyclic amines) is 1. The first-order valence-corrected chi connectivity index (χ1v) is 20.7. The maximum atomic E-state index is 6.08. The van der Waals surface area contributed by atoms with Crippen molar-refractivity contribution in [3.63, 3.8) is 0 Å². The number of nitrogens with zero attached hydrogens (tertiary/aromatic N) is 1. The molecule has 274 valence electrons. The Balaban J connectivity index is 1.87. The molecule has 0 saturated carbocycles. The van der Waals surface area contributed by atoms with Gasteiger partial charge < -0.3 is 14.4 Å². The highest BCUT2D eigenvalue weighted by atomic mass is 16.5. The average molecular weight is 656 g/mol. The fraction of sp³-hybridized carbons (Fsp3) is 0.818. The van der Waals surface area contributed by atoms with Crippen LogP contribution in [0, 0.1) is 5.41 Å². The van der Waals surface area contributed by atoms with Crippen molar-refractivity contribution >= 4 is 0 Å². The smallest absolute Gasteiger partial charge is 0.0472 e. The SMILES string of the molecule is CCCCC/C=C\C/C=C\CCCCCCCCOCCC1(CCOCCCCCCCC/C=C\C/C=C\CCCCC)CN(C)C1. The molecule has 0 unspecified atom stereocenters. The summed E-state index contributed by atoms with van der Waals surface area (Å²) in [6.45, 7) is 10.6. The lowest BCUT2D eigenvalue weighted by Crippen LogP contribution is -2.55. The van der Waals surface area contributed by atoms with Gasteiger partial charge in [0.15, 0.2) is 0 Å². The normalized spacial score (nSPS) is 15.3. The van der Waals surface area contributed by atoms with Gasteiger partial charge in [0.05, 0.1) is 0 Å². The predicted molar refractivity (Wildman–Crippen MR) is 210 cm³/mol. The Morgan fingerprint density at radius 2 is 0.766 bits per heavy atom. The van der Waals surface area contributed by atoms with E-state index in [-0.39, 0.29) is 0 Å². The van der Waals surface area contributed by atoms with Crippen molar-refractivity contribution in [2.45, 2.75) is 181 Å². The number of ether oxygens (including phenoxy) is 2. The molecular weight excluding hydrogens is 574 g/mol. The van der Waals surface area contributed by atoms with Gasteiger partial charge in [0.25, 0.3) is 0 Å². The number of unbranched alkanes of at least 4 members (excludes halogenated alkanes) is 18. The van der Waals surface area contributed by atoms with E-state index in [9.17, 15) is 0 Å². The first kappa shape index (κ1) is 43.9. The summed E-state index contributed by atoms with van der Waals surface area (Å²) in [4.78, 5) is 2.45. The fourth-order valence-corrected chi connectivity index (χ4v) is 6.71. The molecule has 0 aromatic carbocycles. The molecule has 0 amide bonds. The largest absolute Gasteiger partial charge is 0.381 e. The fourth-order valence-electron chi connectivity index (χ4n) is 6.71. The Morgan fingerprint density at radius 3 is 1.13 bits per heavy atom. The third kappa shape index (κ3) is 29.5. The zero-order chi connectivity index (χ0) is 33.8. The predicted octanol–water partition coefficient (Wildman–Crippen LogP) is 13.4. The lowest BCUT2D eigenvalue weighted by atomic mass is 9.75. The van der Waals surface area contributed by atoms with Crippen LogP contribution < -0.4 is 0 Å². The van der Waals surface area contributed by atoms with Gasteiger partial charge in [-0.25, -0.2) is 0 Å². The molecule has 1 fully saturated rings. The Morgan fingerprint density at radius 1 is 0.426 bits per heavy atom. The van der Waals surface area contributed by atoms with Gasteiger partial charge in [0.1, 0.15) is 0 Å². The van der Waals surface area contributed by atoms with Crippen LogP contribution in [0.15, 0.2) is 48.6 Å². The van der Waals surface area contributed by atoms with E-state index in [0.717, 1.165) is 39.3 Å². The van der Waals surface area contributed by atoms with E-state index < -0.39 is 0 Å². The van der Waals surface area contributed by atoms with Gasteiger partial charge in [0, 0.05) is 44.9 Å². The molecule has 0 aromatic rings. The van der Waals surface area contributed by atoms with Crippen molar-refractivity contribution in [1.82, 2.24) is 4.90 Å². The van der Waals surface area contributed by atoms with Crippen LogP contribution in [0.1, 0.15) is 181 Å². The van der Waals surface area contributed by atoms with Crippen LogP contribution >= 0.6 is 0 Å². The van der Waals surface area contributed by atoms with Gasteiger partial charge in [-0.05, 0) is 96.9 Å². The summed E-state index contributed by atoms with van der Waals surface area (Å²) in [5, 5.41) is 0. The third-order valence-electron chi connectivity index (χ3n) is 9.74. The first-order chi connectivity index (χ1) is 23.2. The Bertz CT molecular complexity index is 692. The lowest BCUT2D eigenvalue weighted by molar-refractivity contribution is -0.0366. The molecule has 3 heteroatoms. The second-order valence-electron chi connectivity index (χ2n) is 14.6. The van der Waals surface area contributed by atoms with Crippen LogP contribution in [0.3, 0.4) is 0 Å². The molecule has 0 bridgehead atoms. The summed E-state index contributed by atoms with van der Waals surface area (Å²) < 4.78 is 12.2. The summed E-state index contributed by atoms with van der Waals surface area (Å²) in [7, 11) is 2.24. The molecule has 0 spiro atoms. The minimum atomic E-state index is 0.424. The zero-order valence-corrected chi connectivity index (χ0v) is 32.0. The summed E-state index contributed by atoms with van der Waals surface area (Å²) in [6.07, 6.45) is 52.3. The van der Waals surface area contributed by atoms with E-state index in [1.807, 2.05) is 0 Å². The zero-order valence-electron chi connectivity index (χ0n) is 32.0. The monoisotopic (exact) mass is 656 g/mol. The second kappa shape index (κ2) is 34.7. The van der Waals surface area contributed by atoms with E-state index in [0.29, 0.717) is 5.41 Å². The maximum absolute atomic E-state index is 6.08. The molecule has 0 aromatic heterocycles. The van der Waals surface area contributed by atoms with Crippen molar-refractivity contribution in [2.75, 3.05) is 46.6 Å². The van der Waals surface area contributed by atoms with Crippen molar-refractivity contribution < 1.29 is 9.47 Å². The van der Waals surface area contributed by atoms with Gasteiger partial charge in [-0.2, -0.15) is 0 Å². The molecule has 0 aliphatic carbocycles. The van der Waals surface area contributed by atoms with Gasteiger partial charge in [-0.15, -0.1) is 0 Å². The van der Waals surface area contributed by atoms with Crippen molar-refractivity contribution in [2.24, 2.45) is 5.41 Å². The van der Waals surface area contributed by atoms with E-state index in [1.165, 1.54) is 167 Å². The molecule has 3 nitrogen and oxygen atoms in total. The van der Waals surface area contributed by atoms with E-state index in [1.54, 1.807) is 0 Å². The molecule has 1 heterocycles. The highest BCUT2D eigenvalue weighted by Crippen LogP contribution is 2.36. The summed E-state index contributed by atoms with van der Waals surface area (Å²) in [5.74, 6) is 0. The Labute approximate surface area is 295 Å². The number of allylic oxidation sites excluding steroid dienone is 8. The molecule has 1 rings (SSSR count). The van der Waals surface area contributed by atoms with Crippen molar-refractivity contribution in [3.05, 3.63) is 48.6 Å². The minimum absolute atomic E-state index is 0.424. The first-order valence-electron chi connectivity index (χ1n) is 20.7. The van der Waals surface area contributed by atoms with Crippen molar-refractivity contribution in [1.29, 1.82) is 0 Å². The molecular formula is C44H81NO2. The van der Waals surface area contributed by atoms with Crippen LogP contribution in [-0.2, 0) is 9.47 Å². The highest BCUT2D eigenvalue weighted by molar-refractivity contribution is 4.94. The third-order valence-corrected chi connectivity index (χ3v) is 9.74. The van der Waals surface area contributed by atoms with E-state index in [2.05, 4.69) is 74.4 Å². The summed E-state index contributed by atoms with van der Waals surface area (Å²) in [5.41, 5.74) is 0.424. The van der Waals surface area contributed by atoms with Gasteiger partial charge in [0.2, 0.25) is 0 Å². The number of rotatable bonds is 36. The molecule has 0 N–H and O–H groups in total. The van der Waals surface area contributed by atoms with Crippen molar-refractivity contribution in [3.8, 4) is 0 Å². The Kier molecular flexibility index (Phi) is 32.4. The average Bonchev–Trinajstić information content (AvgIpc) is 3.06. The van der Waals surface area contributed by atoms with Crippen LogP contribution in [-0.4, -0.2) is 51.5 Å². The Hall–Kier alpha value is -1.16. The van der Waals surface area contributed by atoms with Crippen LogP contribution in [0.2, 0.25) is 0 Å². The lowest BCUT2D eigenvalue weighted by Gasteiger charge is -2.49. The van der Waals surface area contributed by atoms with Gasteiger partial charge in [-0.3, -0.25) is 0 Å². The van der Waals surface area contributed by atoms with Crippen LogP contribution in [0.25, 0.3) is 0 Å². The molecule has 47 heavy (non-hydrogen) atoms. The van der Waals surface area contributed by atoms with Crippen LogP contribution in [0.4, 0.5) is 0 Å². The van der Waals surface area contributed by atoms with Gasteiger partial charge in [-0.1, -0.05) is 140 Å². The topological polar surface area (TPSA) is 21.7 Å². The number of hydrogen-bond acceptors (Lipinski definition) is 3. The van der Waals surface area contributed by atoms with Crippen LogP contribution in [0.5, 0.6) is 0 Å². The standard InChI is InChI=1S/C44H81NO2/c1-4-6-8-10-12-14-16-18-20-22-24-26-28-30-32-34-38-46-40-36-44(42-45(3)43-44)37-41-47-39-35-33-31-29-27-25-23-21-19-17-15-13-11-9-7-5-2/h12-15,18-21H,4-11,16-17,22-43H2,1-3H3/b14-12-,15-13-,20-18-,21-19-.